The third-order valence-electron chi connectivity index (χ3n) is 6.27. The molecule has 3 unspecified atom stereocenters. The molecule has 7 atom stereocenters. The monoisotopic (exact) mass is 343 g/mol. The molecule has 3 rings (SSSR count). The van der Waals surface area contributed by atoms with E-state index in [-0.39, 0.29) is 17.6 Å². The summed E-state index contributed by atoms with van der Waals surface area (Å²) in [6.45, 7) is 6.51. The van der Waals surface area contributed by atoms with Gasteiger partial charge >= 0.3 is 0 Å². The second kappa shape index (κ2) is 6.49. The van der Waals surface area contributed by atoms with Crippen LogP contribution in [0.5, 0.6) is 0 Å². The number of aliphatic hydroxyl groups is 4. The van der Waals surface area contributed by atoms with E-state index in [1.807, 2.05) is 0 Å². The molecule has 3 fully saturated rings. The summed E-state index contributed by atoms with van der Waals surface area (Å²) in [4.78, 5) is 0. The minimum atomic E-state index is -1.32. The maximum Gasteiger partial charge on any atom is 0.138 e. The van der Waals surface area contributed by atoms with Crippen LogP contribution in [0.1, 0.15) is 52.9 Å². The molecule has 0 aromatic carbocycles. The number of nitrogens with one attached hydrogen (secondary N) is 1. The van der Waals surface area contributed by atoms with Crippen LogP contribution in [0.3, 0.4) is 0 Å². The molecule has 2 aliphatic carbocycles. The van der Waals surface area contributed by atoms with Crippen molar-refractivity contribution < 1.29 is 25.2 Å². The van der Waals surface area contributed by atoms with Gasteiger partial charge in [0.25, 0.3) is 0 Å². The SMILES string of the molecule is CC1CC2(C)CC(C)CC(NC3O[C@H](CO)[C@@H](O)[C@H](O)[C@H]3O)(C1)C2. The zero-order valence-corrected chi connectivity index (χ0v) is 15.0. The van der Waals surface area contributed by atoms with Gasteiger partial charge in [-0.2, -0.15) is 0 Å². The third kappa shape index (κ3) is 3.37. The molecule has 3 aliphatic rings. The quantitative estimate of drug-likeness (QED) is 0.507. The maximum absolute atomic E-state index is 10.4. The molecule has 0 amide bonds. The van der Waals surface area contributed by atoms with E-state index in [0.717, 1.165) is 19.3 Å². The largest absolute Gasteiger partial charge is 0.394 e. The van der Waals surface area contributed by atoms with Gasteiger partial charge in [-0.15, -0.1) is 0 Å². The minimum absolute atomic E-state index is 0.127. The predicted molar refractivity (Wildman–Crippen MR) is 89.2 cm³/mol. The summed E-state index contributed by atoms with van der Waals surface area (Å²) >= 11 is 0. The molecule has 2 bridgehead atoms. The van der Waals surface area contributed by atoms with E-state index in [9.17, 15) is 20.4 Å². The number of fused-ring (bicyclic) bond motifs is 2. The summed E-state index contributed by atoms with van der Waals surface area (Å²) in [5, 5.41) is 43.2. The van der Waals surface area contributed by atoms with Crippen LogP contribution in [0, 0.1) is 17.3 Å². The first-order valence-corrected chi connectivity index (χ1v) is 9.25. The van der Waals surface area contributed by atoms with Crippen molar-refractivity contribution in [3.05, 3.63) is 0 Å². The fourth-order valence-electron chi connectivity index (χ4n) is 6.12. The van der Waals surface area contributed by atoms with Crippen LogP contribution in [-0.4, -0.2) is 63.2 Å². The molecule has 5 N–H and O–H groups in total. The third-order valence-corrected chi connectivity index (χ3v) is 6.27. The molecule has 1 heterocycles. The molecule has 140 valence electrons. The second-order valence-corrected chi connectivity index (χ2v) is 9.19. The van der Waals surface area contributed by atoms with Gasteiger partial charge in [0.15, 0.2) is 0 Å². The highest BCUT2D eigenvalue weighted by Crippen LogP contribution is 2.54. The lowest BCUT2D eigenvalue weighted by Crippen LogP contribution is -2.68. The Morgan fingerprint density at radius 3 is 2.08 bits per heavy atom. The molecule has 1 aliphatic heterocycles. The minimum Gasteiger partial charge on any atom is -0.394 e. The van der Waals surface area contributed by atoms with Crippen LogP contribution < -0.4 is 5.32 Å². The summed E-state index contributed by atoms with van der Waals surface area (Å²) in [7, 11) is 0. The van der Waals surface area contributed by atoms with Crippen LogP contribution in [0.2, 0.25) is 0 Å². The van der Waals surface area contributed by atoms with Crippen LogP contribution in [0.15, 0.2) is 0 Å². The summed E-state index contributed by atoms with van der Waals surface area (Å²) in [5.74, 6) is 1.18. The van der Waals surface area contributed by atoms with Gasteiger partial charge < -0.3 is 25.2 Å². The van der Waals surface area contributed by atoms with Gasteiger partial charge in [-0.25, -0.2) is 0 Å². The maximum atomic E-state index is 10.4. The van der Waals surface area contributed by atoms with Gasteiger partial charge in [0.1, 0.15) is 30.6 Å². The number of ether oxygens (including phenoxy) is 1. The molecule has 2 saturated carbocycles. The Morgan fingerprint density at radius 2 is 1.54 bits per heavy atom. The van der Waals surface area contributed by atoms with Gasteiger partial charge in [-0.3, -0.25) is 5.32 Å². The van der Waals surface area contributed by atoms with Crippen LogP contribution in [0.25, 0.3) is 0 Å². The number of rotatable bonds is 3. The zero-order chi connectivity index (χ0) is 17.7. The molecule has 0 radical (unpaired) electrons. The van der Waals surface area contributed by atoms with Crippen molar-refractivity contribution in [1.82, 2.24) is 5.32 Å². The van der Waals surface area contributed by atoms with Crippen LogP contribution in [-0.2, 0) is 4.74 Å². The van der Waals surface area contributed by atoms with E-state index in [2.05, 4.69) is 26.1 Å². The molecule has 0 spiro atoms. The number of hydrogen-bond acceptors (Lipinski definition) is 6. The van der Waals surface area contributed by atoms with Crippen molar-refractivity contribution in [2.75, 3.05) is 6.61 Å². The molecule has 6 heteroatoms. The average molecular weight is 343 g/mol. The van der Waals surface area contributed by atoms with Gasteiger partial charge in [0.05, 0.1) is 6.61 Å². The first-order chi connectivity index (χ1) is 11.2. The van der Waals surface area contributed by atoms with Crippen LogP contribution in [0.4, 0.5) is 0 Å². The molecule has 1 saturated heterocycles. The number of hydrogen-bond donors (Lipinski definition) is 5. The molecular formula is C18H33NO5. The van der Waals surface area contributed by atoms with Crippen molar-refractivity contribution in [3.8, 4) is 0 Å². The smallest absolute Gasteiger partial charge is 0.138 e. The summed E-state index contributed by atoms with van der Waals surface area (Å²) in [6, 6.07) is 0. The van der Waals surface area contributed by atoms with E-state index in [4.69, 9.17) is 4.74 Å². The molecular weight excluding hydrogens is 310 g/mol. The van der Waals surface area contributed by atoms with Gasteiger partial charge in [0, 0.05) is 5.54 Å². The second-order valence-electron chi connectivity index (χ2n) is 9.19. The fraction of sp³-hybridized carbons (Fsp3) is 1.00. The Bertz CT molecular complexity index is 443. The van der Waals surface area contributed by atoms with E-state index < -0.39 is 30.6 Å². The zero-order valence-electron chi connectivity index (χ0n) is 15.0. The topological polar surface area (TPSA) is 102 Å². The Kier molecular flexibility index (Phi) is 5.01. The standard InChI is InChI=1S/C18H33NO5/c1-10-4-17(3)5-11(2)7-18(6-10,9-17)19-16-15(23)14(22)13(21)12(8-20)24-16/h10-16,19-23H,4-9H2,1-3H3/t10?,11?,12-,13-,14+,15-,16?,17?,18?/m1/s1. The summed E-state index contributed by atoms with van der Waals surface area (Å²) < 4.78 is 5.70. The van der Waals surface area contributed by atoms with Gasteiger partial charge in [-0.05, 0) is 49.4 Å². The van der Waals surface area contributed by atoms with E-state index in [1.165, 1.54) is 12.8 Å². The predicted octanol–water partition coefficient (Wildman–Crippen LogP) is 0.371. The molecule has 0 aromatic rings. The molecule has 6 nitrogen and oxygen atoms in total. The Hall–Kier alpha value is -0.240. The highest BCUT2D eigenvalue weighted by molar-refractivity contribution is 5.07. The highest BCUT2D eigenvalue weighted by Gasteiger charge is 2.53. The van der Waals surface area contributed by atoms with E-state index >= 15 is 0 Å². The van der Waals surface area contributed by atoms with Crippen LogP contribution >= 0.6 is 0 Å². The van der Waals surface area contributed by atoms with Crippen molar-refractivity contribution in [2.45, 2.75) is 89.1 Å². The van der Waals surface area contributed by atoms with Gasteiger partial charge in [-0.1, -0.05) is 20.8 Å². The Labute approximate surface area is 144 Å². The van der Waals surface area contributed by atoms with E-state index in [0.29, 0.717) is 11.8 Å². The highest BCUT2D eigenvalue weighted by atomic mass is 16.6. The average Bonchev–Trinajstić information content (AvgIpc) is 2.45. The van der Waals surface area contributed by atoms with Crippen molar-refractivity contribution in [2.24, 2.45) is 17.3 Å². The first kappa shape index (κ1) is 18.5. The number of aliphatic hydroxyl groups excluding tert-OH is 4. The lowest BCUT2D eigenvalue weighted by molar-refractivity contribution is -0.245. The lowest BCUT2D eigenvalue weighted by atomic mass is 9.54. The van der Waals surface area contributed by atoms with Gasteiger partial charge in [0.2, 0.25) is 0 Å². The molecule has 0 aromatic heterocycles. The Morgan fingerprint density at radius 1 is 0.958 bits per heavy atom. The summed E-state index contributed by atoms with van der Waals surface area (Å²) in [6.07, 6.45) is 0.0296. The fourth-order valence-corrected chi connectivity index (χ4v) is 6.12. The normalized spacial score (nSPS) is 55.4. The summed E-state index contributed by atoms with van der Waals surface area (Å²) in [5.41, 5.74) is 0.161. The van der Waals surface area contributed by atoms with Crippen molar-refractivity contribution in [1.29, 1.82) is 0 Å². The van der Waals surface area contributed by atoms with Crippen molar-refractivity contribution >= 4 is 0 Å². The van der Waals surface area contributed by atoms with E-state index in [1.54, 1.807) is 0 Å². The molecule has 24 heavy (non-hydrogen) atoms. The Balaban J connectivity index is 1.80. The first-order valence-electron chi connectivity index (χ1n) is 9.25. The van der Waals surface area contributed by atoms with Crippen molar-refractivity contribution in [3.63, 3.8) is 0 Å². The lowest BCUT2D eigenvalue weighted by Gasteiger charge is -2.57.